The molecule has 2 rings (SSSR count). The van der Waals surface area contributed by atoms with Crippen molar-refractivity contribution in [1.82, 2.24) is 10.2 Å². The lowest BCUT2D eigenvalue weighted by molar-refractivity contribution is -0.177. The average Bonchev–Trinajstić information content (AvgIpc) is 2.46. The molecular formula is C15H28N2O4. The fourth-order valence-electron chi connectivity index (χ4n) is 3.48. The van der Waals surface area contributed by atoms with Crippen molar-refractivity contribution in [1.29, 1.82) is 0 Å². The number of hydrogen-bond donors (Lipinski definition) is 2. The van der Waals surface area contributed by atoms with Crippen LogP contribution in [0.5, 0.6) is 0 Å². The highest BCUT2D eigenvalue weighted by Crippen LogP contribution is 2.34. The predicted octanol–water partition coefficient (Wildman–Crippen LogP) is 0.000900. The van der Waals surface area contributed by atoms with Crippen LogP contribution in [0.1, 0.15) is 26.7 Å². The largest absolute Gasteiger partial charge is 0.394 e. The summed E-state index contributed by atoms with van der Waals surface area (Å²) in [5.41, 5.74) is -0.865. The Morgan fingerprint density at radius 1 is 1.43 bits per heavy atom. The van der Waals surface area contributed by atoms with Crippen molar-refractivity contribution in [3.05, 3.63) is 0 Å². The molecule has 0 bridgehead atoms. The lowest BCUT2D eigenvalue weighted by atomic mass is 9.78. The Balaban J connectivity index is 2.15. The van der Waals surface area contributed by atoms with E-state index < -0.39 is 11.0 Å². The van der Waals surface area contributed by atoms with E-state index in [2.05, 4.69) is 5.32 Å². The predicted molar refractivity (Wildman–Crippen MR) is 79.0 cm³/mol. The first-order valence-electron chi connectivity index (χ1n) is 7.70. The molecule has 1 unspecified atom stereocenters. The number of carbonyl (C=O) groups excluding carboxylic acids is 1. The van der Waals surface area contributed by atoms with Crippen LogP contribution in [0, 0.1) is 5.41 Å². The zero-order chi connectivity index (χ0) is 15.5. The van der Waals surface area contributed by atoms with Crippen LogP contribution in [-0.4, -0.2) is 74.1 Å². The number of rotatable bonds is 4. The molecule has 21 heavy (non-hydrogen) atoms. The number of nitrogens with one attached hydrogen (secondary N) is 1. The van der Waals surface area contributed by atoms with Gasteiger partial charge in [-0.1, -0.05) is 0 Å². The first-order valence-corrected chi connectivity index (χ1v) is 7.70. The number of amides is 1. The number of hydrogen-bond acceptors (Lipinski definition) is 5. The number of aliphatic hydroxyl groups is 1. The molecule has 2 saturated heterocycles. The van der Waals surface area contributed by atoms with Crippen molar-refractivity contribution < 1.29 is 19.4 Å². The maximum atomic E-state index is 13.1. The third-order valence-corrected chi connectivity index (χ3v) is 4.41. The molecule has 122 valence electrons. The highest BCUT2D eigenvalue weighted by atomic mass is 16.5. The molecular weight excluding hydrogens is 272 g/mol. The number of carbonyl (C=O) groups is 1. The van der Waals surface area contributed by atoms with Gasteiger partial charge in [-0.3, -0.25) is 4.79 Å². The molecule has 2 N–H and O–H groups in total. The number of aliphatic hydroxyl groups excluding tert-OH is 1. The van der Waals surface area contributed by atoms with E-state index in [0.717, 1.165) is 25.9 Å². The van der Waals surface area contributed by atoms with Gasteiger partial charge in [-0.15, -0.1) is 0 Å². The molecule has 2 aliphatic rings. The second-order valence-electron chi connectivity index (χ2n) is 6.83. The smallest absolute Gasteiger partial charge is 0.231 e. The highest BCUT2D eigenvalue weighted by Gasteiger charge is 2.45. The molecule has 2 fully saturated rings. The Labute approximate surface area is 126 Å². The molecule has 2 aliphatic heterocycles. The second-order valence-corrected chi connectivity index (χ2v) is 6.83. The van der Waals surface area contributed by atoms with Crippen LogP contribution in [0.15, 0.2) is 0 Å². The Kier molecular flexibility index (Phi) is 5.24. The van der Waals surface area contributed by atoms with E-state index in [9.17, 15) is 9.90 Å². The van der Waals surface area contributed by atoms with Crippen LogP contribution in [0.25, 0.3) is 0 Å². The van der Waals surface area contributed by atoms with Gasteiger partial charge in [-0.05, 0) is 39.8 Å². The zero-order valence-corrected chi connectivity index (χ0v) is 13.4. The minimum Gasteiger partial charge on any atom is -0.394 e. The summed E-state index contributed by atoms with van der Waals surface area (Å²) in [5, 5.41) is 12.7. The van der Waals surface area contributed by atoms with E-state index in [0.29, 0.717) is 19.7 Å². The summed E-state index contributed by atoms with van der Waals surface area (Å²) in [5.74, 6) is 0.140. The highest BCUT2D eigenvalue weighted by molar-refractivity contribution is 5.83. The van der Waals surface area contributed by atoms with Crippen LogP contribution in [-0.2, 0) is 14.3 Å². The monoisotopic (exact) mass is 300 g/mol. The summed E-state index contributed by atoms with van der Waals surface area (Å²) in [6, 6.07) is 0. The Bertz CT molecular complexity index is 361. The van der Waals surface area contributed by atoms with Crippen LogP contribution in [0.3, 0.4) is 0 Å². The van der Waals surface area contributed by atoms with Crippen LogP contribution in [0.2, 0.25) is 0 Å². The van der Waals surface area contributed by atoms with Gasteiger partial charge in [0.25, 0.3) is 0 Å². The molecule has 0 saturated carbocycles. The number of nitrogens with zero attached hydrogens (tertiary/aromatic N) is 1. The minimum absolute atomic E-state index is 0.0634. The quantitative estimate of drug-likeness (QED) is 0.765. The first kappa shape index (κ1) is 16.7. The van der Waals surface area contributed by atoms with Crippen LogP contribution < -0.4 is 5.32 Å². The minimum atomic E-state index is -0.437. The van der Waals surface area contributed by atoms with Crippen molar-refractivity contribution in [3.8, 4) is 0 Å². The standard InChI is InChI=1S/C15H28N2O4/c1-14(2)10-17(8-12(9-18)21-14)13(19)15(11-20-3)4-6-16-7-5-15/h12,16,18H,4-11H2,1-3H3. The Morgan fingerprint density at radius 2 is 2.10 bits per heavy atom. The van der Waals surface area contributed by atoms with Gasteiger partial charge in [-0.25, -0.2) is 0 Å². The zero-order valence-electron chi connectivity index (χ0n) is 13.4. The normalized spacial score (nSPS) is 28.4. The fourth-order valence-corrected chi connectivity index (χ4v) is 3.48. The van der Waals surface area contributed by atoms with Crippen molar-refractivity contribution in [2.45, 2.75) is 38.4 Å². The first-order chi connectivity index (χ1) is 9.92. The van der Waals surface area contributed by atoms with Crippen LogP contribution >= 0.6 is 0 Å². The van der Waals surface area contributed by atoms with Gasteiger partial charge in [0.1, 0.15) is 0 Å². The number of morpholine rings is 1. The van der Waals surface area contributed by atoms with E-state index in [4.69, 9.17) is 9.47 Å². The van der Waals surface area contributed by atoms with Crippen LogP contribution in [0.4, 0.5) is 0 Å². The molecule has 2 heterocycles. The van der Waals surface area contributed by atoms with E-state index in [1.165, 1.54) is 0 Å². The molecule has 6 heteroatoms. The molecule has 1 atom stereocenters. The maximum absolute atomic E-state index is 13.1. The average molecular weight is 300 g/mol. The molecule has 0 aromatic rings. The third kappa shape index (κ3) is 3.74. The van der Waals surface area contributed by atoms with Crippen molar-refractivity contribution in [2.75, 3.05) is 46.5 Å². The summed E-state index contributed by atoms with van der Waals surface area (Å²) in [6.07, 6.45) is 1.28. The van der Waals surface area contributed by atoms with Gasteiger partial charge in [-0.2, -0.15) is 0 Å². The van der Waals surface area contributed by atoms with Gasteiger partial charge in [0, 0.05) is 20.2 Å². The molecule has 0 aromatic carbocycles. The second kappa shape index (κ2) is 6.60. The van der Waals surface area contributed by atoms with Gasteiger partial charge < -0.3 is 24.8 Å². The lowest BCUT2D eigenvalue weighted by Gasteiger charge is -2.46. The van der Waals surface area contributed by atoms with E-state index in [1.807, 2.05) is 18.7 Å². The molecule has 0 aliphatic carbocycles. The molecule has 0 spiro atoms. The SMILES string of the molecule is COCC1(C(=O)N2CC(CO)OC(C)(C)C2)CCNCC1. The molecule has 1 amide bonds. The lowest BCUT2D eigenvalue weighted by Crippen LogP contribution is -2.60. The van der Waals surface area contributed by atoms with Gasteiger partial charge in [0.05, 0.1) is 30.3 Å². The summed E-state index contributed by atoms with van der Waals surface area (Å²) in [6.45, 7) is 7.00. The molecule has 0 aromatic heterocycles. The maximum Gasteiger partial charge on any atom is 0.231 e. The van der Waals surface area contributed by atoms with E-state index in [-0.39, 0.29) is 18.6 Å². The number of piperidine rings is 1. The molecule has 0 radical (unpaired) electrons. The van der Waals surface area contributed by atoms with Gasteiger partial charge >= 0.3 is 0 Å². The number of methoxy groups -OCH3 is 1. The van der Waals surface area contributed by atoms with Crippen molar-refractivity contribution in [2.24, 2.45) is 5.41 Å². The molecule has 6 nitrogen and oxygen atoms in total. The summed E-state index contributed by atoms with van der Waals surface area (Å²) >= 11 is 0. The van der Waals surface area contributed by atoms with Gasteiger partial charge in [0.2, 0.25) is 5.91 Å². The van der Waals surface area contributed by atoms with Crippen molar-refractivity contribution >= 4 is 5.91 Å². The Hall–Kier alpha value is -0.690. The summed E-state index contributed by atoms with van der Waals surface area (Å²) < 4.78 is 11.1. The summed E-state index contributed by atoms with van der Waals surface area (Å²) in [7, 11) is 1.65. The fraction of sp³-hybridized carbons (Fsp3) is 0.933. The van der Waals surface area contributed by atoms with Crippen molar-refractivity contribution in [3.63, 3.8) is 0 Å². The van der Waals surface area contributed by atoms with E-state index >= 15 is 0 Å². The number of ether oxygens (including phenoxy) is 2. The Morgan fingerprint density at radius 3 is 2.67 bits per heavy atom. The van der Waals surface area contributed by atoms with E-state index in [1.54, 1.807) is 7.11 Å². The third-order valence-electron chi connectivity index (χ3n) is 4.41. The summed E-state index contributed by atoms with van der Waals surface area (Å²) in [4.78, 5) is 15.0. The van der Waals surface area contributed by atoms with Gasteiger partial charge in [0.15, 0.2) is 0 Å². The topological polar surface area (TPSA) is 71.0 Å².